The molecule has 1 heteroatoms. The normalized spacial score (nSPS) is 17.8. The largest absolute Gasteiger partial charge is 0.385 e. The van der Waals surface area contributed by atoms with Gasteiger partial charge in [-0.15, -0.1) is 0 Å². The summed E-state index contributed by atoms with van der Waals surface area (Å²) in [5, 5.41) is 3.73. The third kappa shape index (κ3) is 3.92. The summed E-state index contributed by atoms with van der Waals surface area (Å²) >= 11 is 0. The molecule has 3 rings (SSSR count). The fourth-order valence-corrected chi connectivity index (χ4v) is 4.12. The first kappa shape index (κ1) is 18.0. The molecule has 1 aliphatic heterocycles. The molecule has 0 saturated carbocycles. The van der Waals surface area contributed by atoms with Crippen molar-refractivity contribution >= 4 is 5.69 Å². The molecule has 0 amide bonds. The Bertz CT molecular complexity index is 729. The van der Waals surface area contributed by atoms with Crippen LogP contribution < -0.4 is 5.32 Å². The number of hydrogen-bond acceptors (Lipinski definition) is 1. The van der Waals surface area contributed by atoms with Crippen molar-refractivity contribution in [3.8, 4) is 0 Å². The molecule has 0 fully saturated rings. The number of hydrogen-bond donors (Lipinski definition) is 1. The lowest BCUT2D eigenvalue weighted by molar-refractivity contribution is 0.305. The molecule has 2 aromatic carbocycles. The van der Waals surface area contributed by atoms with Gasteiger partial charge in [0.2, 0.25) is 0 Å². The molecule has 1 aliphatic rings. The van der Waals surface area contributed by atoms with Gasteiger partial charge in [0.05, 0.1) is 0 Å². The summed E-state index contributed by atoms with van der Waals surface area (Å²) in [4.78, 5) is 0. The Morgan fingerprint density at radius 2 is 1.60 bits per heavy atom. The van der Waals surface area contributed by atoms with Crippen LogP contribution in [-0.2, 0) is 11.8 Å². The van der Waals surface area contributed by atoms with Gasteiger partial charge in [-0.25, -0.2) is 0 Å². The Balaban J connectivity index is 2.12. The van der Waals surface area contributed by atoms with Crippen LogP contribution in [0.2, 0.25) is 0 Å². The van der Waals surface area contributed by atoms with Crippen molar-refractivity contribution < 1.29 is 0 Å². The molecule has 134 valence electrons. The van der Waals surface area contributed by atoms with E-state index in [-0.39, 0.29) is 10.8 Å². The van der Waals surface area contributed by atoms with Crippen LogP contribution in [0, 0.1) is 5.41 Å². The van der Waals surface area contributed by atoms with Gasteiger partial charge in [-0.2, -0.15) is 0 Å². The van der Waals surface area contributed by atoms with E-state index in [9.17, 15) is 0 Å². The third-order valence-corrected chi connectivity index (χ3v) is 5.44. The van der Waals surface area contributed by atoms with E-state index in [1.165, 1.54) is 34.4 Å². The molecule has 0 radical (unpaired) electrons. The molecule has 1 unspecified atom stereocenters. The van der Waals surface area contributed by atoms with E-state index in [2.05, 4.69) is 89.3 Å². The minimum Gasteiger partial charge on any atom is -0.385 e. The van der Waals surface area contributed by atoms with Gasteiger partial charge in [0, 0.05) is 12.2 Å². The lowest BCUT2D eigenvalue weighted by Gasteiger charge is -2.39. The predicted molar refractivity (Wildman–Crippen MR) is 110 cm³/mol. The second-order valence-electron chi connectivity index (χ2n) is 9.65. The maximum atomic E-state index is 3.73. The van der Waals surface area contributed by atoms with Crippen molar-refractivity contribution in [3.63, 3.8) is 0 Å². The monoisotopic (exact) mass is 335 g/mol. The number of nitrogens with one attached hydrogen (secondary N) is 1. The number of benzene rings is 2. The molecule has 0 aromatic heterocycles. The van der Waals surface area contributed by atoms with E-state index in [1.807, 2.05) is 0 Å². The highest BCUT2D eigenvalue weighted by Crippen LogP contribution is 2.47. The van der Waals surface area contributed by atoms with Gasteiger partial charge in [-0.05, 0) is 51.8 Å². The van der Waals surface area contributed by atoms with E-state index in [1.54, 1.807) is 0 Å². The molecule has 1 N–H and O–H groups in total. The number of rotatable bonds is 2. The van der Waals surface area contributed by atoms with Crippen LogP contribution in [0.3, 0.4) is 0 Å². The zero-order chi connectivity index (χ0) is 18.2. The highest BCUT2D eigenvalue weighted by molar-refractivity contribution is 5.64. The van der Waals surface area contributed by atoms with Crippen LogP contribution in [0.15, 0.2) is 42.5 Å². The SMILES string of the molecule is CC(C)(C)c1cc(Cc2ccccc2)cc2c1NCCC2C(C)(C)C. The predicted octanol–water partition coefficient (Wildman–Crippen LogP) is 6.52. The Kier molecular flexibility index (Phi) is 4.70. The van der Waals surface area contributed by atoms with Crippen LogP contribution in [0.4, 0.5) is 5.69 Å². The van der Waals surface area contributed by atoms with Gasteiger partial charge in [0.1, 0.15) is 0 Å². The molecule has 0 aliphatic carbocycles. The fourth-order valence-electron chi connectivity index (χ4n) is 4.12. The lowest BCUT2D eigenvalue weighted by Crippen LogP contribution is -2.29. The summed E-state index contributed by atoms with van der Waals surface area (Å²) in [6, 6.07) is 15.7. The first-order valence-electron chi connectivity index (χ1n) is 9.61. The third-order valence-electron chi connectivity index (χ3n) is 5.44. The second-order valence-corrected chi connectivity index (χ2v) is 9.65. The fraction of sp³-hybridized carbons (Fsp3) is 0.500. The van der Waals surface area contributed by atoms with E-state index in [0.29, 0.717) is 5.92 Å². The van der Waals surface area contributed by atoms with Gasteiger partial charge >= 0.3 is 0 Å². The molecule has 1 heterocycles. The maximum absolute atomic E-state index is 3.73. The Morgan fingerprint density at radius 3 is 2.20 bits per heavy atom. The number of anilines is 1. The molecule has 0 saturated heterocycles. The average molecular weight is 336 g/mol. The standard InChI is InChI=1S/C24H33N/c1-23(2,3)20-12-13-25-22-19(20)15-18(16-21(22)24(4,5)6)14-17-10-8-7-9-11-17/h7-11,15-16,20,25H,12-14H2,1-6H3. The summed E-state index contributed by atoms with van der Waals surface area (Å²) in [5.41, 5.74) is 7.64. The first-order valence-corrected chi connectivity index (χ1v) is 9.61. The Labute approximate surface area is 153 Å². The molecule has 0 spiro atoms. The summed E-state index contributed by atoms with van der Waals surface area (Å²) < 4.78 is 0. The lowest BCUT2D eigenvalue weighted by atomic mass is 9.70. The molecular weight excluding hydrogens is 302 g/mol. The minimum atomic E-state index is 0.142. The van der Waals surface area contributed by atoms with Crippen LogP contribution in [0.5, 0.6) is 0 Å². The molecule has 1 nitrogen and oxygen atoms in total. The van der Waals surface area contributed by atoms with Crippen LogP contribution in [0.25, 0.3) is 0 Å². The van der Waals surface area contributed by atoms with Crippen molar-refractivity contribution in [3.05, 3.63) is 64.7 Å². The molecule has 25 heavy (non-hydrogen) atoms. The van der Waals surface area contributed by atoms with Crippen LogP contribution >= 0.6 is 0 Å². The zero-order valence-electron chi connectivity index (χ0n) is 16.7. The quantitative estimate of drug-likeness (QED) is 0.658. The summed E-state index contributed by atoms with van der Waals surface area (Å²) in [6.45, 7) is 15.2. The smallest absolute Gasteiger partial charge is 0.0413 e. The van der Waals surface area contributed by atoms with E-state index in [4.69, 9.17) is 0 Å². The minimum absolute atomic E-state index is 0.142. The van der Waals surface area contributed by atoms with Gasteiger partial charge in [0.25, 0.3) is 0 Å². The second kappa shape index (κ2) is 6.52. The summed E-state index contributed by atoms with van der Waals surface area (Å²) in [6.07, 6.45) is 2.23. The van der Waals surface area contributed by atoms with Gasteiger partial charge < -0.3 is 5.32 Å². The van der Waals surface area contributed by atoms with E-state index < -0.39 is 0 Å². The van der Waals surface area contributed by atoms with Crippen LogP contribution in [0.1, 0.15) is 76.1 Å². The number of fused-ring (bicyclic) bond motifs is 1. The van der Waals surface area contributed by atoms with Crippen LogP contribution in [-0.4, -0.2) is 6.54 Å². The highest BCUT2D eigenvalue weighted by atomic mass is 14.9. The maximum Gasteiger partial charge on any atom is 0.0413 e. The average Bonchev–Trinajstić information content (AvgIpc) is 2.52. The van der Waals surface area contributed by atoms with Crippen molar-refractivity contribution in [2.45, 2.75) is 65.7 Å². The van der Waals surface area contributed by atoms with Gasteiger partial charge in [-0.3, -0.25) is 0 Å². The molecule has 0 bridgehead atoms. The molecule has 1 atom stereocenters. The zero-order valence-corrected chi connectivity index (χ0v) is 16.7. The molecule has 2 aromatic rings. The highest BCUT2D eigenvalue weighted by Gasteiger charge is 2.33. The van der Waals surface area contributed by atoms with Crippen molar-refractivity contribution in [2.24, 2.45) is 5.41 Å². The Hall–Kier alpha value is -1.76. The first-order chi connectivity index (χ1) is 11.7. The van der Waals surface area contributed by atoms with Gasteiger partial charge in [-0.1, -0.05) is 84.0 Å². The molecular formula is C24H33N. The van der Waals surface area contributed by atoms with E-state index >= 15 is 0 Å². The summed E-state index contributed by atoms with van der Waals surface area (Å²) in [5.74, 6) is 0.612. The van der Waals surface area contributed by atoms with E-state index in [0.717, 1.165) is 13.0 Å². The van der Waals surface area contributed by atoms with Gasteiger partial charge in [0.15, 0.2) is 0 Å². The topological polar surface area (TPSA) is 12.0 Å². The van der Waals surface area contributed by atoms with Crippen molar-refractivity contribution in [2.75, 3.05) is 11.9 Å². The summed E-state index contributed by atoms with van der Waals surface area (Å²) in [7, 11) is 0. The Morgan fingerprint density at radius 1 is 0.920 bits per heavy atom. The van der Waals surface area contributed by atoms with Crippen molar-refractivity contribution in [1.29, 1.82) is 0 Å². The van der Waals surface area contributed by atoms with Crippen molar-refractivity contribution in [1.82, 2.24) is 0 Å².